The zero-order chi connectivity index (χ0) is 17.0. The van der Waals surface area contributed by atoms with E-state index in [0.29, 0.717) is 23.5 Å². The Morgan fingerprint density at radius 3 is 2.61 bits per heavy atom. The Balaban J connectivity index is 2.23. The van der Waals surface area contributed by atoms with Crippen LogP contribution in [0.1, 0.15) is 30.0 Å². The van der Waals surface area contributed by atoms with E-state index in [1.807, 2.05) is 19.1 Å². The van der Waals surface area contributed by atoms with Crippen LogP contribution in [0, 0.1) is 23.2 Å². The average molecular weight is 428 g/mol. The van der Waals surface area contributed by atoms with Crippen molar-refractivity contribution >= 4 is 28.6 Å². The summed E-state index contributed by atoms with van der Waals surface area (Å²) in [7, 11) is 0. The molecule has 0 aliphatic carbocycles. The molecule has 0 amide bonds. The number of halogens is 2. The van der Waals surface area contributed by atoms with Gasteiger partial charge in [-0.25, -0.2) is 4.39 Å². The lowest BCUT2D eigenvalue weighted by Crippen LogP contribution is -2.10. The van der Waals surface area contributed by atoms with E-state index in [1.165, 1.54) is 6.07 Å². The van der Waals surface area contributed by atoms with Crippen LogP contribution in [0.4, 0.5) is 4.39 Å². The highest BCUT2D eigenvalue weighted by Gasteiger charge is 2.13. The third kappa shape index (κ3) is 4.43. The van der Waals surface area contributed by atoms with Crippen molar-refractivity contribution in [1.82, 2.24) is 0 Å². The fourth-order valence-electron chi connectivity index (χ4n) is 2.08. The van der Waals surface area contributed by atoms with Crippen molar-refractivity contribution < 1.29 is 18.7 Å². The highest BCUT2D eigenvalue weighted by molar-refractivity contribution is 14.1. The summed E-state index contributed by atoms with van der Waals surface area (Å²) < 4.78 is 25.7. The van der Waals surface area contributed by atoms with Gasteiger partial charge in [0.05, 0.1) is 0 Å². The molecule has 0 N–H and O–H groups in total. The Bertz CT molecular complexity index is 728. The number of ether oxygens (including phenoxy) is 2. The maximum absolute atomic E-state index is 13.7. The zero-order valence-electron chi connectivity index (χ0n) is 13.3. The fourth-order valence-corrected chi connectivity index (χ4v) is 2.71. The Morgan fingerprint density at radius 2 is 1.91 bits per heavy atom. The summed E-state index contributed by atoms with van der Waals surface area (Å²) in [4.78, 5) is 11.5. The van der Waals surface area contributed by atoms with Gasteiger partial charge in [-0.3, -0.25) is 4.79 Å². The molecule has 0 heterocycles. The largest absolute Gasteiger partial charge is 0.488 e. The van der Waals surface area contributed by atoms with Gasteiger partial charge in [-0.15, -0.1) is 0 Å². The second kappa shape index (κ2) is 7.77. The van der Waals surface area contributed by atoms with Crippen molar-refractivity contribution in [2.45, 2.75) is 33.8 Å². The third-order valence-corrected chi connectivity index (χ3v) is 4.43. The van der Waals surface area contributed by atoms with Crippen molar-refractivity contribution in [3.8, 4) is 11.5 Å². The average Bonchev–Trinajstić information content (AvgIpc) is 2.51. The molecule has 0 unspecified atom stereocenters. The van der Waals surface area contributed by atoms with Crippen LogP contribution in [-0.2, 0) is 11.4 Å². The number of benzene rings is 2. The molecule has 122 valence electrons. The molecular weight excluding hydrogens is 410 g/mol. The van der Waals surface area contributed by atoms with E-state index < -0.39 is 0 Å². The first-order chi connectivity index (χ1) is 10.9. The molecule has 23 heavy (non-hydrogen) atoms. The minimum absolute atomic E-state index is 0.203. The fraction of sp³-hybridized carbons (Fsp3) is 0.278. The van der Waals surface area contributed by atoms with Gasteiger partial charge in [-0.2, -0.15) is 0 Å². The summed E-state index contributed by atoms with van der Waals surface area (Å²) in [6.45, 7) is 5.53. The van der Waals surface area contributed by atoms with E-state index >= 15 is 0 Å². The third-order valence-electron chi connectivity index (χ3n) is 3.42. The van der Waals surface area contributed by atoms with E-state index in [2.05, 4.69) is 22.6 Å². The van der Waals surface area contributed by atoms with E-state index in [0.717, 1.165) is 14.7 Å². The maximum Gasteiger partial charge on any atom is 0.310 e. The van der Waals surface area contributed by atoms with E-state index in [4.69, 9.17) is 9.47 Å². The molecule has 2 rings (SSSR count). The lowest BCUT2D eigenvalue weighted by atomic mass is 10.1. The van der Waals surface area contributed by atoms with Gasteiger partial charge in [0.1, 0.15) is 23.9 Å². The van der Waals surface area contributed by atoms with Gasteiger partial charge in [0.15, 0.2) is 0 Å². The first-order valence-electron chi connectivity index (χ1n) is 7.30. The molecule has 0 bridgehead atoms. The Hall–Kier alpha value is -1.63. The van der Waals surface area contributed by atoms with Crippen molar-refractivity contribution in [3.63, 3.8) is 0 Å². The topological polar surface area (TPSA) is 35.5 Å². The summed E-state index contributed by atoms with van der Waals surface area (Å²) in [6.07, 6.45) is 0.300. The van der Waals surface area contributed by atoms with Gasteiger partial charge in [0.2, 0.25) is 0 Å². The molecule has 0 spiro atoms. The van der Waals surface area contributed by atoms with Gasteiger partial charge in [-0.1, -0.05) is 13.0 Å². The lowest BCUT2D eigenvalue weighted by Gasteiger charge is -2.14. The van der Waals surface area contributed by atoms with Crippen LogP contribution < -0.4 is 9.47 Å². The van der Waals surface area contributed by atoms with E-state index in [9.17, 15) is 9.18 Å². The van der Waals surface area contributed by atoms with Crippen molar-refractivity contribution in [2.75, 3.05) is 0 Å². The highest BCUT2D eigenvalue weighted by Crippen LogP contribution is 2.28. The van der Waals surface area contributed by atoms with Crippen LogP contribution in [0.2, 0.25) is 0 Å². The number of rotatable bonds is 5. The number of carbonyl (C=O) groups is 1. The molecule has 0 fully saturated rings. The predicted molar refractivity (Wildman–Crippen MR) is 95.3 cm³/mol. The molecule has 2 aromatic carbocycles. The van der Waals surface area contributed by atoms with Gasteiger partial charge < -0.3 is 9.47 Å². The minimum atomic E-state index is -0.300. The predicted octanol–water partition coefficient (Wildman–Crippen LogP) is 4.94. The van der Waals surface area contributed by atoms with Crippen LogP contribution in [0.3, 0.4) is 0 Å². The molecule has 0 atom stereocenters. The summed E-state index contributed by atoms with van der Waals surface area (Å²) >= 11 is 2.16. The molecule has 0 aliphatic heterocycles. The van der Waals surface area contributed by atoms with Gasteiger partial charge in [-0.05, 0) is 65.8 Å². The summed E-state index contributed by atoms with van der Waals surface area (Å²) in [6, 6.07) is 8.60. The monoisotopic (exact) mass is 428 g/mol. The number of carbonyl (C=O) groups excluding carboxylic acids is 1. The molecule has 3 nitrogen and oxygen atoms in total. The molecule has 0 aromatic heterocycles. The minimum Gasteiger partial charge on any atom is -0.488 e. The van der Waals surface area contributed by atoms with E-state index in [-0.39, 0.29) is 18.4 Å². The van der Waals surface area contributed by atoms with Crippen LogP contribution in [0.15, 0.2) is 30.3 Å². The number of hydrogen-bond donors (Lipinski definition) is 0. The number of hydrogen-bond acceptors (Lipinski definition) is 3. The van der Waals surface area contributed by atoms with Gasteiger partial charge in [0, 0.05) is 21.6 Å². The molecule has 0 radical (unpaired) electrons. The summed E-state index contributed by atoms with van der Waals surface area (Å²) in [5.41, 5.74) is 2.22. The van der Waals surface area contributed by atoms with Crippen LogP contribution in [-0.4, -0.2) is 5.97 Å². The van der Waals surface area contributed by atoms with Crippen molar-refractivity contribution in [2.24, 2.45) is 0 Å². The molecule has 0 aliphatic rings. The second-order valence-corrected chi connectivity index (χ2v) is 6.36. The van der Waals surface area contributed by atoms with Crippen molar-refractivity contribution in [3.05, 3.63) is 56.4 Å². The zero-order valence-corrected chi connectivity index (χ0v) is 15.4. The second-order valence-electron chi connectivity index (χ2n) is 5.20. The SMILES string of the molecule is CCC(=O)Oc1cccc(I)c1COc1cc(F)c(C)cc1C. The van der Waals surface area contributed by atoms with E-state index in [1.54, 1.807) is 26.0 Å². The molecule has 2 aromatic rings. The van der Waals surface area contributed by atoms with Crippen LogP contribution >= 0.6 is 22.6 Å². The number of aryl methyl sites for hydroxylation is 2. The van der Waals surface area contributed by atoms with Crippen LogP contribution in [0.5, 0.6) is 11.5 Å². The molecular formula is C18H18FIO3. The molecule has 5 heteroatoms. The van der Waals surface area contributed by atoms with Crippen LogP contribution in [0.25, 0.3) is 0 Å². The quantitative estimate of drug-likeness (QED) is 0.385. The highest BCUT2D eigenvalue weighted by atomic mass is 127. The van der Waals surface area contributed by atoms with Gasteiger partial charge >= 0.3 is 5.97 Å². The molecule has 0 saturated heterocycles. The Kier molecular flexibility index (Phi) is 5.98. The lowest BCUT2D eigenvalue weighted by molar-refractivity contribution is -0.134. The van der Waals surface area contributed by atoms with Gasteiger partial charge in [0.25, 0.3) is 0 Å². The Morgan fingerprint density at radius 1 is 1.17 bits per heavy atom. The van der Waals surface area contributed by atoms with Crippen molar-refractivity contribution in [1.29, 1.82) is 0 Å². The maximum atomic E-state index is 13.7. The summed E-state index contributed by atoms with van der Waals surface area (Å²) in [5, 5.41) is 0. The first kappa shape index (κ1) is 17.7. The standard InChI is InChI=1S/C18H18FIO3/c1-4-18(21)23-16-7-5-6-15(20)13(16)10-22-17-9-14(19)11(2)8-12(17)3/h5-9H,4,10H2,1-3H3. The smallest absolute Gasteiger partial charge is 0.310 e. The normalized spacial score (nSPS) is 10.5. The summed E-state index contributed by atoms with van der Waals surface area (Å²) in [5.74, 6) is 0.367. The molecule has 0 saturated carbocycles. The number of esters is 1. The first-order valence-corrected chi connectivity index (χ1v) is 8.37. The Labute approximate surface area is 148 Å².